The van der Waals surface area contributed by atoms with Crippen molar-refractivity contribution >= 4 is 21.7 Å². The van der Waals surface area contributed by atoms with Crippen molar-refractivity contribution in [2.75, 3.05) is 0 Å². The predicted molar refractivity (Wildman–Crippen MR) is 95.6 cm³/mol. The van der Waals surface area contributed by atoms with Crippen LogP contribution in [0.5, 0.6) is 0 Å². The maximum atomic E-state index is 12.5. The predicted octanol–water partition coefficient (Wildman–Crippen LogP) is 2.84. The fourth-order valence-electron chi connectivity index (χ4n) is 3.28. The lowest BCUT2D eigenvalue weighted by Gasteiger charge is -2.29. The number of allylic oxidation sites excluding steroid dienone is 3. The van der Waals surface area contributed by atoms with Crippen LogP contribution >= 0.6 is 15.9 Å². The number of hydrogen-bond donors (Lipinski definition) is 1. The van der Waals surface area contributed by atoms with E-state index >= 15 is 0 Å². The molecular formula is C18H14BrN5O2. The summed E-state index contributed by atoms with van der Waals surface area (Å²) in [6, 6.07) is 9.64. The molecule has 1 atom stereocenters. The van der Waals surface area contributed by atoms with Gasteiger partial charge in [-0.3, -0.25) is 4.79 Å². The van der Waals surface area contributed by atoms with Crippen molar-refractivity contribution in [3.8, 4) is 11.8 Å². The first-order chi connectivity index (χ1) is 12.6. The van der Waals surface area contributed by atoms with Gasteiger partial charge in [-0.25, -0.2) is 4.68 Å². The third kappa shape index (κ3) is 2.70. The average Bonchev–Trinajstić information content (AvgIpc) is 3.11. The zero-order valence-electron chi connectivity index (χ0n) is 13.6. The van der Waals surface area contributed by atoms with E-state index in [1.54, 1.807) is 10.9 Å². The summed E-state index contributed by atoms with van der Waals surface area (Å²) in [7, 11) is 0. The van der Waals surface area contributed by atoms with E-state index in [0.717, 1.165) is 10.2 Å². The molecule has 130 valence electrons. The van der Waals surface area contributed by atoms with Gasteiger partial charge in [-0.2, -0.15) is 5.26 Å². The highest BCUT2D eigenvalue weighted by Gasteiger charge is 2.39. The van der Waals surface area contributed by atoms with E-state index in [4.69, 9.17) is 10.5 Å². The Balaban J connectivity index is 1.80. The van der Waals surface area contributed by atoms with Crippen LogP contribution in [0, 0.1) is 11.3 Å². The lowest BCUT2D eigenvalue weighted by Crippen LogP contribution is -2.27. The van der Waals surface area contributed by atoms with Crippen LogP contribution in [0.25, 0.3) is 5.69 Å². The number of halogens is 1. The van der Waals surface area contributed by atoms with Gasteiger partial charge in [0.25, 0.3) is 0 Å². The van der Waals surface area contributed by atoms with Crippen molar-refractivity contribution in [1.82, 2.24) is 15.0 Å². The third-order valence-corrected chi connectivity index (χ3v) is 5.03. The van der Waals surface area contributed by atoms with E-state index in [1.807, 2.05) is 24.3 Å². The molecule has 2 aliphatic rings. The Bertz CT molecular complexity index is 997. The van der Waals surface area contributed by atoms with Crippen molar-refractivity contribution < 1.29 is 9.53 Å². The van der Waals surface area contributed by atoms with Crippen LogP contribution in [0.2, 0.25) is 0 Å². The van der Waals surface area contributed by atoms with Crippen molar-refractivity contribution in [1.29, 1.82) is 5.26 Å². The molecule has 26 heavy (non-hydrogen) atoms. The summed E-state index contributed by atoms with van der Waals surface area (Å²) in [5.74, 6) is -0.0967. The molecule has 0 spiro atoms. The SMILES string of the molecule is N#CC1=C(N)OC2=C(C(=O)CCC2)C1c1cn(-c2ccc(Br)cc2)nn1. The molecule has 0 saturated heterocycles. The molecule has 1 aliphatic carbocycles. The first-order valence-electron chi connectivity index (χ1n) is 8.10. The lowest BCUT2D eigenvalue weighted by molar-refractivity contribution is -0.116. The first kappa shape index (κ1) is 16.5. The van der Waals surface area contributed by atoms with Crippen LogP contribution in [0.4, 0.5) is 0 Å². The largest absolute Gasteiger partial charge is 0.444 e. The first-order valence-corrected chi connectivity index (χ1v) is 8.90. The number of hydrogen-bond acceptors (Lipinski definition) is 6. The molecule has 8 heteroatoms. The summed E-state index contributed by atoms with van der Waals surface area (Å²) in [4.78, 5) is 12.5. The van der Waals surface area contributed by atoms with Crippen LogP contribution in [-0.4, -0.2) is 20.8 Å². The number of Topliss-reactive ketones (excluding diaryl/α,β-unsaturated/α-hetero) is 1. The average molecular weight is 412 g/mol. The van der Waals surface area contributed by atoms with Gasteiger partial charge in [0.15, 0.2) is 5.78 Å². The van der Waals surface area contributed by atoms with Crippen LogP contribution in [-0.2, 0) is 9.53 Å². The van der Waals surface area contributed by atoms with Gasteiger partial charge in [0.2, 0.25) is 5.88 Å². The van der Waals surface area contributed by atoms with Crippen molar-refractivity contribution in [3.05, 3.63) is 63.4 Å². The van der Waals surface area contributed by atoms with Crippen LogP contribution in [0.1, 0.15) is 30.9 Å². The molecule has 0 bridgehead atoms. The second-order valence-electron chi connectivity index (χ2n) is 6.10. The van der Waals surface area contributed by atoms with Crippen molar-refractivity contribution in [2.24, 2.45) is 5.73 Å². The Hall–Kier alpha value is -2.92. The number of aromatic nitrogens is 3. The maximum absolute atomic E-state index is 12.5. The molecule has 2 heterocycles. The topological polar surface area (TPSA) is 107 Å². The molecule has 2 aromatic rings. The van der Waals surface area contributed by atoms with Gasteiger partial charge in [-0.15, -0.1) is 5.10 Å². The fraction of sp³-hybridized carbons (Fsp3) is 0.222. The summed E-state index contributed by atoms with van der Waals surface area (Å²) in [5, 5.41) is 17.9. The maximum Gasteiger partial charge on any atom is 0.205 e. The molecular weight excluding hydrogens is 398 g/mol. The molecule has 0 fully saturated rings. The quantitative estimate of drug-likeness (QED) is 0.813. The highest BCUT2D eigenvalue weighted by Crippen LogP contribution is 2.42. The Kier molecular flexibility index (Phi) is 4.09. The van der Waals surface area contributed by atoms with Gasteiger partial charge < -0.3 is 10.5 Å². The van der Waals surface area contributed by atoms with Gasteiger partial charge in [0.1, 0.15) is 17.4 Å². The van der Waals surface area contributed by atoms with E-state index in [0.29, 0.717) is 36.3 Å². The molecule has 2 N–H and O–H groups in total. The van der Waals surface area contributed by atoms with Gasteiger partial charge >= 0.3 is 0 Å². The fourth-order valence-corrected chi connectivity index (χ4v) is 3.55. The number of carbonyl (C=O) groups excluding carboxylic acids is 1. The van der Waals surface area contributed by atoms with Gasteiger partial charge in [-0.05, 0) is 30.7 Å². The van der Waals surface area contributed by atoms with E-state index in [9.17, 15) is 10.1 Å². The minimum Gasteiger partial charge on any atom is -0.444 e. The Morgan fingerprint density at radius 2 is 2.08 bits per heavy atom. The van der Waals surface area contributed by atoms with Gasteiger partial charge in [-0.1, -0.05) is 21.1 Å². The van der Waals surface area contributed by atoms with E-state index in [2.05, 4.69) is 32.3 Å². The van der Waals surface area contributed by atoms with Crippen molar-refractivity contribution in [3.63, 3.8) is 0 Å². The molecule has 1 aliphatic heterocycles. The Morgan fingerprint density at radius 3 is 2.81 bits per heavy atom. The van der Waals surface area contributed by atoms with Gasteiger partial charge in [0, 0.05) is 22.9 Å². The summed E-state index contributed by atoms with van der Waals surface area (Å²) in [6.45, 7) is 0. The normalized spacial score (nSPS) is 19.8. The Morgan fingerprint density at radius 1 is 1.31 bits per heavy atom. The molecule has 1 aromatic carbocycles. The second-order valence-corrected chi connectivity index (χ2v) is 7.02. The summed E-state index contributed by atoms with van der Waals surface area (Å²) >= 11 is 3.40. The number of rotatable bonds is 2. The summed E-state index contributed by atoms with van der Waals surface area (Å²) < 4.78 is 8.12. The lowest BCUT2D eigenvalue weighted by atomic mass is 9.80. The molecule has 4 rings (SSSR count). The molecule has 7 nitrogen and oxygen atoms in total. The number of ketones is 1. The number of nitriles is 1. The standard InChI is InChI=1S/C18H14BrN5O2/c19-10-4-6-11(7-5-10)24-9-13(22-23-24)16-12(8-20)18(21)26-15-3-1-2-14(25)17(15)16/h4-7,9,16H,1-3,21H2. The molecule has 0 saturated carbocycles. The number of ether oxygens (including phenoxy) is 1. The zero-order chi connectivity index (χ0) is 18.3. The molecule has 1 aromatic heterocycles. The van der Waals surface area contributed by atoms with E-state index in [1.165, 1.54) is 0 Å². The van der Waals surface area contributed by atoms with E-state index < -0.39 is 5.92 Å². The van der Waals surface area contributed by atoms with Crippen LogP contribution in [0.3, 0.4) is 0 Å². The highest BCUT2D eigenvalue weighted by molar-refractivity contribution is 9.10. The smallest absolute Gasteiger partial charge is 0.205 e. The summed E-state index contributed by atoms with van der Waals surface area (Å²) in [6.07, 6.45) is 3.48. The van der Waals surface area contributed by atoms with E-state index in [-0.39, 0.29) is 17.2 Å². The number of benzene rings is 1. The van der Waals surface area contributed by atoms with Crippen LogP contribution in [0.15, 0.2) is 57.7 Å². The molecule has 1 unspecified atom stereocenters. The zero-order valence-corrected chi connectivity index (χ0v) is 15.2. The van der Waals surface area contributed by atoms with Crippen molar-refractivity contribution in [2.45, 2.75) is 25.2 Å². The minimum absolute atomic E-state index is 0.0316. The monoisotopic (exact) mass is 411 g/mol. The minimum atomic E-state index is -0.638. The summed E-state index contributed by atoms with van der Waals surface area (Å²) in [5.41, 5.74) is 7.92. The van der Waals surface area contributed by atoms with Gasteiger partial charge in [0.05, 0.1) is 23.5 Å². The molecule has 0 radical (unpaired) electrons. The number of nitrogens with zero attached hydrogens (tertiary/aromatic N) is 4. The third-order valence-electron chi connectivity index (χ3n) is 4.50. The van der Waals surface area contributed by atoms with Crippen LogP contribution < -0.4 is 5.73 Å². The highest BCUT2D eigenvalue weighted by atomic mass is 79.9. The number of nitrogens with two attached hydrogens (primary N) is 1. The second kappa shape index (κ2) is 6.42. The number of carbonyl (C=O) groups is 1. The Labute approximate surface area is 157 Å². The molecule has 0 amide bonds.